The van der Waals surface area contributed by atoms with Gasteiger partial charge in [0.15, 0.2) is 5.82 Å². The summed E-state index contributed by atoms with van der Waals surface area (Å²) < 4.78 is 38.7. The molecule has 1 saturated heterocycles. The monoisotopic (exact) mass is 383 g/mol. The molecule has 1 atom stereocenters. The number of hydrogen-bond donors (Lipinski definition) is 1. The van der Waals surface area contributed by atoms with E-state index in [-0.39, 0.29) is 36.4 Å². The van der Waals surface area contributed by atoms with Crippen molar-refractivity contribution in [1.82, 2.24) is 15.2 Å². The lowest BCUT2D eigenvalue weighted by atomic mass is 9.96. The third kappa shape index (κ3) is 4.86. The molecular weight excluding hydrogens is 356 g/mol. The van der Waals surface area contributed by atoms with E-state index in [9.17, 15) is 13.6 Å². The average molecular weight is 383 g/mol. The average Bonchev–Trinajstić information content (AvgIpc) is 3.19. The van der Waals surface area contributed by atoms with Crippen LogP contribution in [0.5, 0.6) is 11.8 Å². The molecule has 150 valence electrons. The third-order valence-electron chi connectivity index (χ3n) is 5.20. The van der Waals surface area contributed by atoms with E-state index in [2.05, 4.69) is 10.3 Å². The van der Waals surface area contributed by atoms with E-state index in [1.807, 2.05) is 0 Å². The molecule has 1 aliphatic heterocycles. The van der Waals surface area contributed by atoms with Crippen LogP contribution in [0.25, 0.3) is 0 Å². The van der Waals surface area contributed by atoms with E-state index < -0.39 is 12.0 Å². The molecular formula is C19H27F2N3O3. The van der Waals surface area contributed by atoms with Gasteiger partial charge >= 0.3 is 0 Å². The number of methoxy groups -OCH3 is 1. The molecule has 6 nitrogen and oxygen atoms in total. The van der Waals surface area contributed by atoms with Crippen molar-refractivity contribution >= 4 is 5.91 Å². The van der Waals surface area contributed by atoms with Crippen molar-refractivity contribution in [3.63, 3.8) is 0 Å². The van der Waals surface area contributed by atoms with Crippen LogP contribution in [-0.2, 0) is 11.3 Å². The second-order valence-electron chi connectivity index (χ2n) is 7.28. The normalized spacial score (nSPS) is 25.3. The second kappa shape index (κ2) is 8.82. The Kier molecular flexibility index (Phi) is 6.46. The van der Waals surface area contributed by atoms with Crippen molar-refractivity contribution in [2.45, 2.75) is 63.4 Å². The molecule has 1 aromatic rings. The zero-order valence-corrected chi connectivity index (χ0v) is 15.8. The molecule has 27 heavy (non-hydrogen) atoms. The topological polar surface area (TPSA) is 63.7 Å². The van der Waals surface area contributed by atoms with Crippen molar-refractivity contribution in [3.05, 3.63) is 17.4 Å². The number of alkyl halides is 1. The van der Waals surface area contributed by atoms with Crippen LogP contribution in [0.15, 0.2) is 6.07 Å². The van der Waals surface area contributed by atoms with Gasteiger partial charge in [-0.15, -0.1) is 0 Å². The summed E-state index contributed by atoms with van der Waals surface area (Å²) in [7, 11) is 3.13. The fraction of sp³-hybridized carbons (Fsp3) is 0.684. The van der Waals surface area contributed by atoms with Crippen molar-refractivity contribution in [2.75, 3.05) is 20.7 Å². The maximum atomic E-state index is 14.5. The molecule has 3 rings (SSSR count). The number of carbonyl (C=O) groups excluding carboxylic acids is 1. The Morgan fingerprint density at radius 3 is 2.67 bits per heavy atom. The summed E-state index contributed by atoms with van der Waals surface area (Å²) in [6.07, 6.45) is 2.65. The first kappa shape index (κ1) is 19.8. The summed E-state index contributed by atoms with van der Waals surface area (Å²) in [6, 6.07) is 1.11. The Morgan fingerprint density at radius 2 is 2.04 bits per heavy atom. The van der Waals surface area contributed by atoms with Crippen molar-refractivity contribution in [1.29, 1.82) is 0 Å². The van der Waals surface area contributed by atoms with Crippen molar-refractivity contribution in [3.8, 4) is 11.8 Å². The van der Waals surface area contributed by atoms with Crippen LogP contribution in [-0.4, -0.2) is 54.8 Å². The molecule has 1 amide bonds. The molecule has 1 aromatic heterocycles. The second-order valence-corrected chi connectivity index (χ2v) is 7.28. The van der Waals surface area contributed by atoms with E-state index in [1.54, 1.807) is 11.9 Å². The molecule has 2 aliphatic rings. The van der Waals surface area contributed by atoms with Gasteiger partial charge in [-0.05, 0) is 51.1 Å². The SMILES string of the molecule is COc1nc(O[C@H]2CC[C@@H](F)CC2)c(F)cc1CN(C)C(=O)[C@@H]1CCCN1. The van der Waals surface area contributed by atoms with Crippen LogP contribution < -0.4 is 14.8 Å². The van der Waals surface area contributed by atoms with E-state index in [0.717, 1.165) is 19.4 Å². The van der Waals surface area contributed by atoms with Gasteiger partial charge in [-0.25, -0.2) is 8.78 Å². The molecule has 0 aromatic carbocycles. The summed E-state index contributed by atoms with van der Waals surface area (Å²) in [5, 5.41) is 3.16. The summed E-state index contributed by atoms with van der Waals surface area (Å²) in [4.78, 5) is 18.1. The Hall–Kier alpha value is -1.96. The van der Waals surface area contributed by atoms with Gasteiger partial charge in [0.05, 0.1) is 19.7 Å². The molecule has 0 spiro atoms. The first-order valence-electron chi connectivity index (χ1n) is 9.50. The molecule has 2 fully saturated rings. The number of halogens is 2. The number of amides is 1. The predicted octanol–water partition coefficient (Wildman–Crippen LogP) is 2.60. The Morgan fingerprint density at radius 1 is 1.30 bits per heavy atom. The molecule has 8 heteroatoms. The first-order chi connectivity index (χ1) is 13.0. The first-order valence-corrected chi connectivity index (χ1v) is 9.50. The largest absolute Gasteiger partial charge is 0.481 e. The molecule has 2 heterocycles. The van der Waals surface area contributed by atoms with Crippen LogP contribution in [0.1, 0.15) is 44.1 Å². The summed E-state index contributed by atoms with van der Waals surface area (Å²) in [5.74, 6) is -0.541. The highest BCUT2D eigenvalue weighted by Gasteiger charge is 2.27. The molecule has 1 saturated carbocycles. The number of pyridine rings is 1. The smallest absolute Gasteiger partial charge is 0.254 e. The molecule has 0 bridgehead atoms. The molecule has 0 radical (unpaired) electrons. The Balaban J connectivity index is 1.68. The van der Waals surface area contributed by atoms with Gasteiger partial charge in [-0.3, -0.25) is 4.79 Å². The Bertz CT molecular complexity index is 660. The maximum absolute atomic E-state index is 14.5. The number of likely N-dealkylation sites (N-methyl/N-ethyl adjacent to an activating group) is 1. The number of rotatable bonds is 6. The highest BCUT2D eigenvalue weighted by Crippen LogP contribution is 2.29. The molecule has 1 aliphatic carbocycles. The summed E-state index contributed by atoms with van der Waals surface area (Å²) in [5.41, 5.74) is 0.476. The number of nitrogens with one attached hydrogen (secondary N) is 1. The molecule has 1 N–H and O–H groups in total. The minimum atomic E-state index is -0.804. The summed E-state index contributed by atoms with van der Waals surface area (Å²) in [6.45, 7) is 1.03. The van der Waals surface area contributed by atoms with Gasteiger partial charge < -0.3 is 19.7 Å². The van der Waals surface area contributed by atoms with E-state index in [1.165, 1.54) is 13.2 Å². The zero-order valence-electron chi connectivity index (χ0n) is 15.8. The lowest BCUT2D eigenvalue weighted by Gasteiger charge is -2.25. The number of ether oxygens (including phenoxy) is 2. The fourth-order valence-corrected chi connectivity index (χ4v) is 3.66. The minimum Gasteiger partial charge on any atom is -0.481 e. The number of carbonyl (C=O) groups is 1. The maximum Gasteiger partial charge on any atom is 0.254 e. The fourth-order valence-electron chi connectivity index (χ4n) is 3.66. The van der Waals surface area contributed by atoms with Crippen LogP contribution in [0.3, 0.4) is 0 Å². The number of aromatic nitrogens is 1. The van der Waals surface area contributed by atoms with E-state index in [4.69, 9.17) is 9.47 Å². The lowest BCUT2D eigenvalue weighted by Crippen LogP contribution is -2.41. The van der Waals surface area contributed by atoms with Gasteiger partial charge in [0.25, 0.3) is 5.88 Å². The minimum absolute atomic E-state index is 0.0294. The van der Waals surface area contributed by atoms with E-state index in [0.29, 0.717) is 31.2 Å². The van der Waals surface area contributed by atoms with Crippen molar-refractivity contribution in [2.24, 2.45) is 0 Å². The van der Waals surface area contributed by atoms with Crippen molar-refractivity contribution < 1.29 is 23.0 Å². The van der Waals surface area contributed by atoms with Gasteiger partial charge in [0.2, 0.25) is 11.8 Å². The standard InChI is InChI=1S/C19H27F2N3O3/c1-24(19(25)16-4-3-9-22-16)11-12-10-15(21)18(23-17(12)26-2)27-14-7-5-13(20)6-8-14/h10,13-14,16,22H,3-9,11H2,1-2H3/t13-,14+,16-/m0/s1. The Labute approximate surface area is 158 Å². The number of nitrogens with zero attached hydrogens (tertiary/aromatic N) is 2. The number of hydrogen-bond acceptors (Lipinski definition) is 5. The lowest BCUT2D eigenvalue weighted by molar-refractivity contribution is -0.132. The quantitative estimate of drug-likeness (QED) is 0.818. The van der Waals surface area contributed by atoms with Crippen LogP contribution in [0, 0.1) is 5.82 Å². The predicted molar refractivity (Wildman–Crippen MR) is 96.0 cm³/mol. The summed E-state index contributed by atoms with van der Waals surface area (Å²) >= 11 is 0. The van der Waals surface area contributed by atoms with E-state index >= 15 is 0 Å². The van der Waals surface area contributed by atoms with Gasteiger partial charge in [0.1, 0.15) is 12.3 Å². The van der Waals surface area contributed by atoms with Gasteiger partial charge in [-0.1, -0.05) is 0 Å². The van der Waals surface area contributed by atoms with Gasteiger partial charge in [-0.2, -0.15) is 4.98 Å². The van der Waals surface area contributed by atoms with Crippen LogP contribution in [0.4, 0.5) is 8.78 Å². The van der Waals surface area contributed by atoms with Crippen LogP contribution >= 0.6 is 0 Å². The zero-order chi connectivity index (χ0) is 19.4. The highest BCUT2D eigenvalue weighted by atomic mass is 19.1. The third-order valence-corrected chi connectivity index (χ3v) is 5.20. The molecule has 0 unspecified atom stereocenters. The van der Waals surface area contributed by atoms with Crippen LogP contribution in [0.2, 0.25) is 0 Å². The van der Waals surface area contributed by atoms with Gasteiger partial charge in [0, 0.05) is 12.6 Å². The highest BCUT2D eigenvalue weighted by molar-refractivity contribution is 5.82.